The Kier molecular flexibility index (Phi) is 5.63. The number of amides is 2. The lowest BCUT2D eigenvalue weighted by Crippen LogP contribution is -2.51. The van der Waals surface area contributed by atoms with Crippen molar-refractivity contribution in [1.82, 2.24) is 24.3 Å². The second kappa shape index (κ2) is 7.74. The van der Waals surface area contributed by atoms with E-state index in [1.807, 2.05) is 19.2 Å². The number of rotatable bonds is 5. The smallest absolute Gasteiger partial charge is 0.317 e. The summed E-state index contributed by atoms with van der Waals surface area (Å²) in [4.78, 5) is 14.1. The van der Waals surface area contributed by atoms with Gasteiger partial charge in [-0.15, -0.1) is 0 Å². The summed E-state index contributed by atoms with van der Waals surface area (Å²) in [6.45, 7) is 4.81. The zero-order valence-corrected chi connectivity index (χ0v) is 15.5. The van der Waals surface area contributed by atoms with Crippen LogP contribution in [0.3, 0.4) is 0 Å². The highest BCUT2D eigenvalue weighted by molar-refractivity contribution is 7.89. The molecule has 8 nitrogen and oxygen atoms in total. The predicted molar refractivity (Wildman–Crippen MR) is 94.5 cm³/mol. The highest BCUT2D eigenvalue weighted by Crippen LogP contribution is 2.24. The lowest BCUT2D eigenvalue weighted by atomic mass is 10.1. The SMILES string of the molecule is CC(Cn1cccn1)NC(=O)N1CCC(S(=O)(=O)N2CCCC2)CC1. The fraction of sp³-hybridized carbons (Fsp3) is 0.750. The van der Waals surface area contributed by atoms with Crippen molar-refractivity contribution >= 4 is 16.1 Å². The van der Waals surface area contributed by atoms with Gasteiger partial charge in [-0.05, 0) is 38.7 Å². The molecular formula is C16H27N5O3S. The molecule has 1 atom stereocenters. The van der Waals surface area contributed by atoms with Crippen molar-refractivity contribution in [3.05, 3.63) is 18.5 Å². The summed E-state index contributed by atoms with van der Waals surface area (Å²) in [6, 6.07) is 1.68. The maximum Gasteiger partial charge on any atom is 0.317 e. The van der Waals surface area contributed by atoms with Crippen LogP contribution in [0.25, 0.3) is 0 Å². The summed E-state index contributed by atoms with van der Waals surface area (Å²) in [5.74, 6) is 0. The van der Waals surface area contributed by atoms with Crippen LogP contribution in [0.5, 0.6) is 0 Å². The van der Waals surface area contributed by atoms with E-state index in [-0.39, 0.29) is 17.3 Å². The van der Waals surface area contributed by atoms with Crippen LogP contribution in [0.4, 0.5) is 4.79 Å². The molecule has 1 aromatic heterocycles. The number of hydrogen-bond donors (Lipinski definition) is 1. The van der Waals surface area contributed by atoms with Gasteiger partial charge in [0.2, 0.25) is 10.0 Å². The molecule has 2 aliphatic heterocycles. The van der Waals surface area contributed by atoms with E-state index >= 15 is 0 Å². The summed E-state index contributed by atoms with van der Waals surface area (Å²) < 4.78 is 28.6. The Morgan fingerprint density at radius 1 is 1.24 bits per heavy atom. The summed E-state index contributed by atoms with van der Waals surface area (Å²) >= 11 is 0. The summed E-state index contributed by atoms with van der Waals surface area (Å²) in [5, 5.41) is 6.74. The molecule has 0 aromatic carbocycles. The van der Waals surface area contributed by atoms with Gasteiger partial charge in [0.05, 0.1) is 11.8 Å². The molecule has 2 fully saturated rings. The maximum absolute atomic E-state index is 12.6. The van der Waals surface area contributed by atoms with Crippen LogP contribution < -0.4 is 5.32 Å². The van der Waals surface area contributed by atoms with Crippen LogP contribution >= 0.6 is 0 Å². The van der Waals surface area contributed by atoms with Crippen molar-refractivity contribution in [1.29, 1.82) is 0 Å². The zero-order valence-electron chi connectivity index (χ0n) is 14.7. The molecular weight excluding hydrogens is 342 g/mol. The fourth-order valence-electron chi connectivity index (χ4n) is 3.55. The van der Waals surface area contributed by atoms with Crippen LogP contribution in [-0.2, 0) is 16.6 Å². The molecule has 0 aliphatic carbocycles. The third kappa shape index (κ3) is 4.33. The third-order valence-corrected chi connectivity index (χ3v) is 7.36. The Labute approximate surface area is 149 Å². The largest absolute Gasteiger partial charge is 0.334 e. The van der Waals surface area contributed by atoms with E-state index in [4.69, 9.17) is 0 Å². The van der Waals surface area contributed by atoms with E-state index in [1.165, 1.54) is 0 Å². The van der Waals surface area contributed by atoms with Crippen LogP contribution in [0.2, 0.25) is 0 Å². The molecule has 2 aliphatic rings. The maximum atomic E-state index is 12.6. The number of carbonyl (C=O) groups excluding carboxylic acids is 1. The van der Waals surface area contributed by atoms with Gasteiger partial charge < -0.3 is 10.2 Å². The van der Waals surface area contributed by atoms with Crippen molar-refractivity contribution in [2.45, 2.75) is 50.4 Å². The minimum Gasteiger partial charge on any atom is -0.334 e. The Bertz CT molecular complexity index is 662. The van der Waals surface area contributed by atoms with Crippen molar-refractivity contribution in [2.75, 3.05) is 26.2 Å². The van der Waals surface area contributed by atoms with Gasteiger partial charge in [0.25, 0.3) is 0 Å². The van der Waals surface area contributed by atoms with Gasteiger partial charge in [-0.25, -0.2) is 17.5 Å². The van der Waals surface area contributed by atoms with E-state index in [9.17, 15) is 13.2 Å². The quantitative estimate of drug-likeness (QED) is 0.834. The molecule has 140 valence electrons. The van der Waals surface area contributed by atoms with Gasteiger partial charge in [0.15, 0.2) is 0 Å². The van der Waals surface area contributed by atoms with Gasteiger partial charge in [-0.3, -0.25) is 4.68 Å². The Balaban J connectivity index is 1.47. The predicted octanol–water partition coefficient (Wildman–Crippen LogP) is 0.871. The van der Waals surface area contributed by atoms with E-state index in [1.54, 1.807) is 20.1 Å². The number of nitrogens with one attached hydrogen (secondary N) is 1. The first-order valence-corrected chi connectivity index (χ1v) is 10.5. The highest BCUT2D eigenvalue weighted by Gasteiger charge is 2.36. The first-order chi connectivity index (χ1) is 12.0. The van der Waals surface area contributed by atoms with Crippen molar-refractivity contribution in [2.24, 2.45) is 0 Å². The number of urea groups is 1. The van der Waals surface area contributed by atoms with Crippen LogP contribution in [0, 0.1) is 0 Å². The van der Waals surface area contributed by atoms with Crippen LogP contribution in [0.1, 0.15) is 32.6 Å². The highest BCUT2D eigenvalue weighted by atomic mass is 32.2. The van der Waals surface area contributed by atoms with Gasteiger partial charge in [-0.1, -0.05) is 0 Å². The molecule has 1 unspecified atom stereocenters. The minimum atomic E-state index is -3.20. The van der Waals surface area contributed by atoms with Crippen LogP contribution in [0.15, 0.2) is 18.5 Å². The van der Waals surface area contributed by atoms with Crippen LogP contribution in [-0.4, -0.2) is 70.9 Å². The number of carbonyl (C=O) groups is 1. The van der Waals surface area contributed by atoms with Crippen molar-refractivity contribution < 1.29 is 13.2 Å². The van der Waals surface area contributed by atoms with Gasteiger partial charge in [0, 0.05) is 44.6 Å². The number of aromatic nitrogens is 2. The fourth-order valence-corrected chi connectivity index (χ4v) is 5.54. The molecule has 1 N–H and O–H groups in total. The third-order valence-electron chi connectivity index (χ3n) is 4.97. The van der Waals surface area contributed by atoms with E-state index < -0.39 is 10.0 Å². The zero-order chi connectivity index (χ0) is 17.9. The van der Waals surface area contributed by atoms with Gasteiger partial charge in [-0.2, -0.15) is 5.10 Å². The Morgan fingerprint density at radius 2 is 1.92 bits per heavy atom. The van der Waals surface area contributed by atoms with Crippen molar-refractivity contribution in [3.63, 3.8) is 0 Å². The molecule has 3 heterocycles. The first-order valence-electron chi connectivity index (χ1n) is 8.98. The Morgan fingerprint density at radius 3 is 2.52 bits per heavy atom. The lowest BCUT2D eigenvalue weighted by molar-refractivity contribution is 0.181. The number of nitrogens with zero attached hydrogens (tertiary/aromatic N) is 4. The second-order valence-electron chi connectivity index (χ2n) is 6.92. The molecule has 25 heavy (non-hydrogen) atoms. The van der Waals surface area contributed by atoms with Gasteiger partial charge in [0.1, 0.15) is 0 Å². The number of piperidine rings is 1. The van der Waals surface area contributed by atoms with E-state index in [0.29, 0.717) is 45.6 Å². The van der Waals surface area contributed by atoms with Crippen molar-refractivity contribution in [3.8, 4) is 0 Å². The molecule has 3 rings (SSSR count). The molecule has 1 aromatic rings. The number of sulfonamides is 1. The Hall–Kier alpha value is -1.61. The molecule has 0 saturated carbocycles. The summed E-state index contributed by atoms with van der Waals surface area (Å²) in [7, 11) is -3.20. The standard InChI is InChI=1S/C16H27N5O3S/c1-14(13-20-8-4-7-17-20)18-16(22)19-11-5-15(6-12-19)25(23,24)21-9-2-3-10-21/h4,7-8,14-15H,2-3,5-6,9-13H2,1H3,(H,18,22). The second-order valence-corrected chi connectivity index (χ2v) is 9.13. The molecule has 0 radical (unpaired) electrons. The molecule has 9 heteroatoms. The first kappa shape index (κ1) is 18.2. The number of likely N-dealkylation sites (tertiary alicyclic amines) is 1. The molecule has 2 amide bonds. The summed E-state index contributed by atoms with van der Waals surface area (Å²) in [5.41, 5.74) is 0. The molecule has 0 spiro atoms. The monoisotopic (exact) mass is 369 g/mol. The van der Waals surface area contributed by atoms with Gasteiger partial charge >= 0.3 is 6.03 Å². The average Bonchev–Trinajstić information content (AvgIpc) is 3.28. The van der Waals surface area contributed by atoms with E-state index in [2.05, 4.69) is 10.4 Å². The van der Waals surface area contributed by atoms with E-state index in [0.717, 1.165) is 12.8 Å². The topological polar surface area (TPSA) is 87.5 Å². The lowest BCUT2D eigenvalue weighted by Gasteiger charge is -2.34. The molecule has 2 saturated heterocycles. The molecule has 0 bridgehead atoms. The summed E-state index contributed by atoms with van der Waals surface area (Å²) in [6.07, 6.45) is 6.50. The average molecular weight is 369 g/mol. The normalized spacial score (nSPS) is 21.4. The minimum absolute atomic E-state index is 0.0431. The number of hydrogen-bond acceptors (Lipinski definition) is 4.